The number of unbranched alkanes of at least 4 members (excludes halogenated alkanes) is 1. The van der Waals surface area contributed by atoms with Gasteiger partial charge in [-0.25, -0.2) is 4.39 Å². The topological polar surface area (TPSA) is 12.0 Å². The number of hydrogen-bond donors (Lipinski definition) is 1. The lowest BCUT2D eigenvalue weighted by Crippen LogP contribution is -2.15. The highest BCUT2D eigenvalue weighted by Gasteiger charge is 1.98. The van der Waals surface area contributed by atoms with Gasteiger partial charge in [-0.3, -0.25) is 0 Å². The van der Waals surface area contributed by atoms with Crippen LogP contribution in [0, 0.1) is 12.7 Å². The van der Waals surface area contributed by atoms with Crippen molar-refractivity contribution in [3.63, 3.8) is 0 Å². The summed E-state index contributed by atoms with van der Waals surface area (Å²) >= 11 is 1.89. The maximum Gasteiger partial charge on any atom is 0.126 e. The van der Waals surface area contributed by atoms with Crippen molar-refractivity contribution in [2.24, 2.45) is 0 Å². The van der Waals surface area contributed by atoms with Crippen LogP contribution in [0.25, 0.3) is 0 Å². The van der Waals surface area contributed by atoms with Gasteiger partial charge in [0.05, 0.1) is 0 Å². The average Bonchev–Trinajstić information content (AvgIpc) is 2.28. The van der Waals surface area contributed by atoms with Crippen LogP contribution >= 0.6 is 11.8 Å². The maximum atomic E-state index is 13.0. The molecule has 0 aromatic heterocycles. The Balaban J connectivity index is 2.19. The van der Waals surface area contributed by atoms with E-state index in [1.807, 2.05) is 23.9 Å². The van der Waals surface area contributed by atoms with Gasteiger partial charge in [0.25, 0.3) is 0 Å². The SMILES string of the molecule is CSCCCCNCc1ccc(F)c(C)c1. The van der Waals surface area contributed by atoms with E-state index in [-0.39, 0.29) is 5.82 Å². The second-order valence-electron chi connectivity index (χ2n) is 3.96. The molecule has 1 aromatic carbocycles. The van der Waals surface area contributed by atoms with Crippen molar-refractivity contribution >= 4 is 11.8 Å². The molecule has 1 aromatic rings. The Labute approximate surface area is 102 Å². The second kappa shape index (κ2) is 7.69. The van der Waals surface area contributed by atoms with E-state index in [1.165, 1.54) is 18.6 Å². The van der Waals surface area contributed by atoms with Crippen LogP contribution in [0.1, 0.15) is 24.0 Å². The Bertz CT molecular complexity index is 315. The highest BCUT2D eigenvalue weighted by Crippen LogP contribution is 2.08. The smallest absolute Gasteiger partial charge is 0.126 e. The van der Waals surface area contributed by atoms with Crippen LogP contribution in [-0.4, -0.2) is 18.6 Å². The first-order valence-electron chi connectivity index (χ1n) is 5.68. The Morgan fingerprint density at radius 1 is 1.31 bits per heavy atom. The molecule has 1 rings (SSSR count). The van der Waals surface area contributed by atoms with Crippen LogP contribution in [0.5, 0.6) is 0 Å². The van der Waals surface area contributed by atoms with E-state index in [0.29, 0.717) is 0 Å². The van der Waals surface area contributed by atoms with Gasteiger partial charge in [-0.05, 0) is 55.5 Å². The molecule has 3 heteroatoms. The van der Waals surface area contributed by atoms with Crippen molar-refractivity contribution in [1.82, 2.24) is 5.32 Å². The standard InChI is InChI=1S/C13H20FNS/c1-11-9-12(5-6-13(11)14)10-15-7-3-4-8-16-2/h5-6,9,15H,3-4,7-8,10H2,1-2H3. The zero-order valence-electron chi connectivity index (χ0n) is 10.1. The number of hydrogen-bond acceptors (Lipinski definition) is 2. The summed E-state index contributed by atoms with van der Waals surface area (Å²) in [5.41, 5.74) is 1.88. The van der Waals surface area contributed by atoms with Gasteiger partial charge in [-0.2, -0.15) is 11.8 Å². The second-order valence-corrected chi connectivity index (χ2v) is 4.95. The molecule has 0 aliphatic rings. The first-order chi connectivity index (χ1) is 7.74. The molecule has 0 saturated carbocycles. The van der Waals surface area contributed by atoms with Crippen molar-refractivity contribution in [3.05, 3.63) is 35.1 Å². The molecular weight excluding hydrogens is 221 g/mol. The summed E-state index contributed by atoms with van der Waals surface area (Å²) in [4.78, 5) is 0. The summed E-state index contributed by atoms with van der Waals surface area (Å²) < 4.78 is 13.0. The van der Waals surface area contributed by atoms with Gasteiger partial charge < -0.3 is 5.32 Å². The number of benzene rings is 1. The van der Waals surface area contributed by atoms with Crippen LogP contribution in [0.3, 0.4) is 0 Å². The first-order valence-corrected chi connectivity index (χ1v) is 7.08. The highest BCUT2D eigenvalue weighted by molar-refractivity contribution is 7.98. The van der Waals surface area contributed by atoms with E-state index in [2.05, 4.69) is 11.6 Å². The van der Waals surface area contributed by atoms with Gasteiger partial charge >= 0.3 is 0 Å². The molecule has 90 valence electrons. The van der Waals surface area contributed by atoms with Crippen molar-refractivity contribution in [2.45, 2.75) is 26.3 Å². The first kappa shape index (κ1) is 13.5. The molecular formula is C13H20FNS. The number of aryl methyl sites for hydroxylation is 1. The summed E-state index contributed by atoms with van der Waals surface area (Å²) in [5.74, 6) is 1.11. The van der Waals surface area contributed by atoms with Crippen LogP contribution < -0.4 is 5.32 Å². The van der Waals surface area contributed by atoms with E-state index < -0.39 is 0 Å². The third-order valence-electron chi connectivity index (χ3n) is 2.50. The molecule has 0 aliphatic carbocycles. The Kier molecular flexibility index (Phi) is 6.50. The molecule has 0 radical (unpaired) electrons. The minimum atomic E-state index is -0.122. The van der Waals surface area contributed by atoms with Gasteiger partial charge in [0.2, 0.25) is 0 Å². The predicted molar refractivity (Wildman–Crippen MR) is 70.5 cm³/mol. The lowest BCUT2D eigenvalue weighted by atomic mass is 10.1. The largest absolute Gasteiger partial charge is 0.313 e. The molecule has 0 amide bonds. The predicted octanol–water partition coefficient (Wildman–Crippen LogP) is 3.37. The van der Waals surface area contributed by atoms with Crippen LogP contribution in [0.4, 0.5) is 4.39 Å². The quantitative estimate of drug-likeness (QED) is 0.735. The van der Waals surface area contributed by atoms with Gasteiger partial charge in [-0.15, -0.1) is 0 Å². The Morgan fingerprint density at radius 3 is 2.81 bits per heavy atom. The van der Waals surface area contributed by atoms with Gasteiger partial charge in [-0.1, -0.05) is 12.1 Å². The third-order valence-corrected chi connectivity index (χ3v) is 3.20. The normalized spacial score (nSPS) is 10.7. The van der Waals surface area contributed by atoms with Crippen LogP contribution in [0.2, 0.25) is 0 Å². The summed E-state index contributed by atoms with van der Waals surface area (Å²) in [7, 11) is 0. The molecule has 1 N–H and O–H groups in total. The van der Waals surface area contributed by atoms with Gasteiger partial charge in [0, 0.05) is 6.54 Å². The molecule has 0 bridgehead atoms. The molecule has 0 aliphatic heterocycles. The van der Waals surface area contributed by atoms with E-state index in [9.17, 15) is 4.39 Å². The van der Waals surface area contributed by atoms with Crippen LogP contribution in [0.15, 0.2) is 18.2 Å². The number of halogens is 1. The molecule has 0 atom stereocenters. The number of thioether (sulfide) groups is 1. The monoisotopic (exact) mass is 241 g/mol. The van der Waals surface area contributed by atoms with Gasteiger partial charge in [0.1, 0.15) is 5.82 Å². The van der Waals surface area contributed by atoms with Crippen molar-refractivity contribution in [2.75, 3.05) is 18.6 Å². The molecule has 1 nitrogen and oxygen atoms in total. The minimum absolute atomic E-state index is 0.122. The molecule has 0 heterocycles. The van der Waals surface area contributed by atoms with E-state index in [1.54, 1.807) is 13.0 Å². The van der Waals surface area contributed by atoms with E-state index in [4.69, 9.17) is 0 Å². The lowest BCUT2D eigenvalue weighted by Gasteiger charge is -2.06. The molecule has 0 fully saturated rings. The number of rotatable bonds is 7. The fourth-order valence-electron chi connectivity index (χ4n) is 1.55. The summed E-state index contributed by atoms with van der Waals surface area (Å²) in [6.07, 6.45) is 4.60. The zero-order valence-corrected chi connectivity index (χ0v) is 10.9. The van der Waals surface area contributed by atoms with E-state index >= 15 is 0 Å². The van der Waals surface area contributed by atoms with Crippen molar-refractivity contribution < 1.29 is 4.39 Å². The molecule has 16 heavy (non-hydrogen) atoms. The lowest BCUT2D eigenvalue weighted by molar-refractivity contribution is 0.613. The summed E-state index contributed by atoms with van der Waals surface area (Å²) in [5, 5.41) is 3.38. The average molecular weight is 241 g/mol. The summed E-state index contributed by atoms with van der Waals surface area (Å²) in [6, 6.07) is 5.29. The van der Waals surface area contributed by atoms with Crippen molar-refractivity contribution in [1.29, 1.82) is 0 Å². The van der Waals surface area contributed by atoms with E-state index in [0.717, 1.165) is 24.2 Å². The summed E-state index contributed by atoms with van der Waals surface area (Å²) in [6.45, 7) is 3.68. The van der Waals surface area contributed by atoms with Crippen molar-refractivity contribution in [3.8, 4) is 0 Å². The molecule has 0 spiro atoms. The van der Waals surface area contributed by atoms with Gasteiger partial charge in [0.15, 0.2) is 0 Å². The minimum Gasteiger partial charge on any atom is -0.313 e. The molecule has 0 saturated heterocycles. The number of nitrogens with one attached hydrogen (secondary N) is 1. The highest BCUT2D eigenvalue weighted by atomic mass is 32.2. The zero-order chi connectivity index (χ0) is 11.8. The third kappa shape index (κ3) is 4.99. The Morgan fingerprint density at radius 2 is 2.12 bits per heavy atom. The van der Waals surface area contributed by atoms with Crippen LogP contribution in [-0.2, 0) is 6.54 Å². The maximum absolute atomic E-state index is 13.0. The fourth-order valence-corrected chi connectivity index (χ4v) is 2.04. The Hall–Kier alpha value is -0.540. The fraction of sp³-hybridized carbons (Fsp3) is 0.538. The molecule has 0 unspecified atom stereocenters.